The molecule has 6 nitrogen and oxygen atoms in total. The molecule has 28 heavy (non-hydrogen) atoms. The second-order valence-corrected chi connectivity index (χ2v) is 9.09. The lowest BCUT2D eigenvalue weighted by Crippen LogP contribution is -2.38. The van der Waals surface area contributed by atoms with E-state index in [1.165, 1.54) is 11.4 Å². The maximum absolute atomic E-state index is 12.5. The molecule has 0 aromatic heterocycles. The molecule has 0 heterocycles. The Balaban J connectivity index is 2.01. The standard InChI is InChI=1S/C21H28N2O4S/c1-14-7-8-15(2)20(13-14)16(3)22-21(24)17(4)27-19-11-9-18(10-12-19)23(5)28(6,25)26/h7-13,16-17H,1-6H3,(H,22,24)/t16-,17+/m1/s1. The van der Waals surface area contributed by atoms with Gasteiger partial charge < -0.3 is 10.1 Å². The molecular weight excluding hydrogens is 376 g/mol. The lowest BCUT2D eigenvalue weighted by atomic mass is 10.00. The Morgan fingerprint density at radius 2 is 1.68 bits per heavy atom. The highest BCUT2D eigenvalue weighted by Gasteiger charge is 2.19. The molecule has 152 valence electrons. The Morgan fingerprint density at radius 1 is 1.07 bits per heavy atom. The van der Waals surface area contributed by atoms with E-state index in [0.29, 0.717) is 11.4 Å². The molecule has 2 aromatic carbocycles. The first-order chi connectivity index (χ1) is 13.0. The molecule has 0 aliphatic rings. The molecule has 0 saturated heterocycles. The molecule has 0 unspecified atom stereocenters. The second kappa shape index (κ2) is 8.65. The fourth-order valence-electron chi connectivity index (χ4n) is 2.82. The van der Waals surface area contributed by atoms with Crippen LogP contribution in [0.15, 0.2) is 42.5 Å². The van der Waals surface area contributed by atoms with Crippen molar-refractivity contribution < 1.29 is 17.9 Å². The average molecular weight is 405 g/mol. The monoisotopic (exact) mass is 404 g/mol. The van der Waals surface area contributed by atoms with Crippen LogP contribution in [0.1, 0.15) is 36.6 Å². The van der Waals surface area contributed by atoms with Crippen molar-refractivity contribution in [2.75, 3.05) is 17.6 Å². The number of hydrogen-bond acceptors (Lipinski definition) is 4. The molecule has 2 aromatic rings. The Morgan fingerprint density at radius 3 is 2.25 bits per heavy atom. The largest absolute Gasteiger partial charge is 0.481 e. The molecule has 0 spiro atoms. The van der Waals surface area contributed by atoms with Crippen LogP contribution < -0.4 is 14.4 Å². The lowest BCUT2D eigenvalue weighted by Gasteiger charge is -2.21. The Labute approximate surface area is 167 Å². The molecule has 0 bridgehead atoms. The number of sulfonamides is 1. The van der Waals surface area contributed by atoms with Crippen molar-refractivity contribution in [3.63, 3.8) is 0 Å². The third-order valence-electron chi connectivity index (χ3n) is 4.64. The first-order valence-electron chi connectivity index (χ1n) is 9.07. The number of ether oxygens (including phenoxy) is 1. The van der Waals surface area contributed by atoms with Gasteiger partial charge in [0, 0.05) is 7.05 Å². The van der Waals surface area contributed by atoms with Crippen LogP contribution in [0.5, 0.6) is 5.75 Å². The molecule has 0 aliphatic carbocycles. The average Bonchev–Trinajstić information content (AvgIpc) is 2.62. The van der Waals surface area contributed by atoms with Crippen LogP contribution in [0, 0.1) is 13.8 Å². The van der Waals surface area contributed by atoms with E-state index in [9.17, 15) is 13.2 Å². The van der Waals surface area contributed by atoms with Gasteiger partial charge in [0.15, 0.2) is 6.10 Å². The summed E-state index contributed by atoms with van der Waals surface area (Å²) in [5, 5.41) is 2.98. The third kappa shape index (κ3) is 5.48. The minimum Gasteiger partial charge on any atom is -0.481 e. The van der Waals surface area contributed by atoms with Crippen LogP contribution in [0.25, 0.3) is 0 Å². The number of hydrogen-bond donors (Lipinski definition) is 1. The van der Waals surface area contributed by atoms with Crippen molar-refractivity contribution in [1.29, 1.82) is 0 Å². The Hall–Kier alpha value is -2.54. The van der Waals surface area contributed by atoms with Crippen molar-refractivity contribution >= 4 is 21.6 Å². The van der Waals surface area contributed by atoms with E-state index >= 15 is 0 Å². The summed E-state index contributed by atoms with van der Waals surface area (Å²) in [5.41, 5.74) is 3.87. The minimum atomic E-state index is -3.32. The van der Waals surface area contributed by atoms with Crippen molar-refractivity contribution in [3.8, 4) is 5.75 Å². The van der Waals surface area contributed by atoms with Gasteiger partial charge in [-0.1, -0.05) is 23.8 Å². The van der Waals surface area contributed by atoms with E-state index in [0.717, 1.165) is 22.9 Å². The van der Waals surface area contributed by atoms with Crippen LogP contribution in [-0.4, -0.2) is 33.7 Å². The number of aryl methyl sites for hydroxylation is 2. The molecule has 0 fully saturated rings. The van der Waals surface area contributed by atoms with E-state index in [1.54, 1.807) is 31.2 Å². The van der Waals surface area contributed by atoms with Gasteiger partial charge in [-0.05, 0) is 63.1 Å². The lowest BCUT2D eigenvalue weighted by molar-refractivity contribution is -0.127. The Bertz CT molecular complexity index is 939. The van der Waals surface area contributed by atoms with Crippen molar-refractivity contribution in [2.24, 2.45) is 0 Å². The van der Waals surface area contributed by atoms with Crippen LogP contribution >= 0.6 is 0 Å². The van der Waals surface area contributed by atoms with Gasteiger partial charge in [-0.25, -0.2) is 8.42 Å². The van der Waals surface area contributed by atoms with Crippen LogP contribution in [0.2, 0.25) is 0 Å². The van der Waals surface area contributed by atoms with Crippen LogP contribution in [-0.2, 0) is 14.8 Å². The van der Waals surface area contributed by atoms with Gasteiger partial charge in [-0.15, -0.1) is 0 Å². The summed E-state index contributed by atoms with van der Waals surface area (Å²) in [5.74, 6) is 0.276. The van der Waals surface area contributed by atoms with Gasteiger partial charge in [-0.2, -0.15) is 0 Å². The number of nitrogens with zero attached hydrogens (tertiary/aromatic N) is 1. The molecule has 1 amide bonds. The number of rotatable bonds is 7. The summed E-state index contributed by atoms with van der Waals surface area (Å²) >= 11 is 0. The maximum Gasteiger partial charge on any atom is 0.261 e. The quantitative estimate of drug-likeness (QED) is 0.768. The highest BCUT2D eigenvalue weighted by Crippen LogP contribution is 2.22. The first-order valence-corrected chi connectivity index (χ1v) is 10.9. The SMILES string of the molecule is Cc1ccc(C)c([C@@H](C)NC(=O)[C@H](C)Oc2ccc(N(C)S(C)(=O)=O)cc2)c1. The zero-order valence-corrected chi connectivity index (χ0v) is 18.0. The summed E-state index contributed by atoms with van der Waals surface area (Å²) in [6.45, 7) is 7.67. The van der Waals surface area contributed by atoms with E-state index in [2.05, 4.69) is 11.4 Å². The third-order valence-corrected chi connectivity index (χ3v) is 5.85. The number of benzene rings is 2. The molecule has 2 atom stereocenters. The number of carbonyl (C=O) groups is 1. The highest BCUT2D eigenvalue weighted by atomic mass is 32.2. The van der Waals surface area contributed by atoms with Gasteiger partial charge in [0.1, 0.15) is 5.75 Å². The number of carbonyl (C=O) groups excluding carboxylic acids is 1. The van der Waals surface area contributed by atoms with E-state index in [-0.39, 0.29) is 11.9 Å². The van der Waals surface area contributed by atoms with Crippen molar-refractivity contribution in [3.05, 3.63) is 59.2 Å². The molecule has 1 N–H and O–H groups in total. The predicted molar refractivity (Wildman–Crippen MR) is 112 cm³/mol. The summed E-state index contributed by atoms with van der Waals surface area (Å²) < 4.78 is 30.1. The van der Waals surface area contributed by atoms with Gasteiger partial charge >= 0.3 is 0 Å². The molecule has 7 heteroatoms. The van der Waals surface area contributed by atoms with Crippen LogP contribution in [0.3, 0.4) is 0 Å². The Kier molecular flexibility index (Phi) is 6.72. The summed E-state index contributed by atoms with van der Waals surface area (Å²) in [4.78, 5) is 12.5. The van der Waals surface area contributed by atoms with E-state index < -0.39 is 16.1 Å². The highest BCUT2D eigenvalue weighted by molar-refractivity contribution is 7.92. The normalized spacial score (nSPS) is 13.5. The van der Waals surface area contributed by atoms with Gasteiger partial charge in [0.05, 0.1) is 18.0 Å². The van der Waals surface area contributed by atoms with Gasteiger partial charge in [0.2, 0.25) is 10.0 Å². The molecular formula is C21H28N2O4S. The van der Waals surface area contributed by atoms with Gasteiger partial charge in [-0.3, -0.25) is 9.10 Å². The first kappa shape index (κ1) is 21.8. The number of nitrogens with one attached hydrogen (secondary N) is 1. The maximum atomic E-state index is 12.5. The topological polar surface area (TPSA) is 75.7 Å². The van der Waals surface area contributed by atoms with Crippen molar-refractivity contribution in [1.82, 2.24) is 5.32 Å². The minimum absolute atomic E-state index is 0.135. The fourth-order valence-corrected chi connectivity index (χ4v) is 3.32. The smallest absolute Gasteiger partial charge is 0.261 e. The zero-order valence-electron chi connectivity index (χ0n) is 17.2. The second-order valence-electron chi connectivity index (χ2n) is 7.07. The molecule has 0 saturated carbocycles. The molecule has 2 rings (SSSR count). The molecule has 0 aliphatic heterocycles. The zero-order chi connectivity index (χ0) is 21.1. The van der Waals surface area contributed by atoms with Crippen molar-refractivity contribution in [2.45, 2.75) is 39.8 Å². The van der Waals surface area contributed by atoms with E-state index in [4.69, 9.17) is 4.74 Å². The molecule has 0 radical (unpaired) electrons. The summed E-state index contributed by atoms with van der Waals surface area (Å²) in [6.07, 6.45) is 0.451. The predicted octanol–water partition coefficient (Wildman–Crippen LogP) is 3.34. The summed E-state index contributed by atoms with van der Waals surface area (Å²) in [6, 6.07) is 12.6. The summed E-state index contributed by atoms with van der Waals surface area (Å²) in [7, 11) is -1.84. The van der Waals surface area contributed by atoms with Crippen LogP contribution in [0.4, 0.5) is 5.69 Å². The van der Waals surface area contributed by atoms with E-state index in [1.807, 2.05) is 32.9 Å². The fraction of sp³-hybridized carbons (Fsp3) is 0.381. The number of anilines is 1. The number of amides is 1. The van der Waals surface area contributed by atoms with Gasteiger partial charge in [0.25, 0.3) is 5.91 Å².